The second kappa shape index (κ2) is 12.2. The fourth-order valence-corrected chi connectivity index (χ4v) is 7.19. The van der Waals surface area contributed by atoms with Crippen LogP contribution in [0.2, 0.25) is 0 Å². The van der Waals surface area contributed by atoms with E-state index in [-0.39, 0.29) is 0 Å². The molecule has 0 radical (unpaired) electrons. The smallest absolute Gasteiger partial charge is 0.0547 e. The Morgan fingerprint density at radius 2 is 0.735 bits per heavy atom. The Kier molecular flexibility index (Phi) is 7.14. The number of nitrogens with zero attached hydrogens (tertiary/aromatic N) is 3. The van der Waals surface area contributed by atoms with Crippen LogP contribution >= 0.6 is 0 Å². The van der Waals surface area contributed by atoms with Crippen molar-refractivity contribution in [1.29, 1.82) is 0 Å². The van der Waals surface area contributed by atoms with Gasteiger partial charge in [0, 0.05) is 33.5 Å². The minimum absolute atomic E-state index is 1.06. The molecule has 0 atom stereocenters. The Hall–Kier alpha value is -6.58. The molecule has 1 aromatic heterocycles. The first-order valence-corrected chi connectivity index (χ1v) is 16.7. The molecule has 49 heavy (non-hydrogen) atoms. The van der Waals surface area contributed by atoms with E-state index in [9.17, 15) is 0 Å². The lowest BCUT2D eigenvalue weighted by Crippen LogP contribution is -2.14. The highest BCUT2D eigenvalue weighted by Gasteiger charge is 2.21. The summed E-state index contributed by atoms with van der Waals surface area (Å²) >= 11 is 0. The van der Waals surface area contributed by atoms with E-state index in [2.05, 4.69) is 215 Å². The van der Waals surface area contributed by atoms with Gasteiger partial charge in [-0.1, -0.05) is 121 Å². The van der Waals surface area contributed by atoms with Gasteiger partial charge in [0.1, 0.15) is 0 Å². The Morgan fingerprint density at radius 3 is 1.24 bits per heavy atom. The molecule has 232 valence electrons. The van der Waals surface area contributed by atoms with E-state index in [1.807, 2.05) is 0 Å². The molecule has 9 rings (SSSR count). The normalized spacial score (nSPS) is 11.3. The molecule has 3 heteroatoms. The Bertz CT molecular complexity index is 2360. The van der Waals surface area contributed by atoms with Crippen LogP contribution < -0.4 is 9.80 Å². The number of rotatable bonds is 7. The van der Waals surface area contributed by atoms with Gasteiger partial charge >= 0.3 is 0 Å². The molecule has 0 N–H and O–H groups in total. The van der Waals surface area contributed by atoms with Gasteiger partial charge in [-0.2, -0.15) is 0 Å². The van der Waals surface area contributed by atoms with Crippen LogP contribution in [0, 0.1) is 0 Å². The highest BCUT2D eigenvalue weighted by atomic mass is 15.2. The third-order valence-electron chi connectivity index (χ3n) is 9.28. The summed E-state index contributed by atoms with van der Waals surface area (Å²) in [7, 11) is 0. The summed E-state index contributed by atoms with van der Waals surface area (Å²) < 4.78 is 2.44. The standard InChI is InChI=1S/C46H33N3/c1-5-18-35(19-6-1)47(36-20-7-2-8-21-36)39-31-40(48(37-22-9-3-10-23-37)38-24-11-4-12-25-38)33-41(32-39)49-44-28-16-15-27-43(44)46-42-26-14-13-17-34(42)29-30-45(46)49/h1-33H. The van der Waals surface area contributed by atoms with E-state index >= 15 is 0 Å². The predicted octanol–water partition coefficient (Wildman–Crippen LogP) is 12.9. The number of hydrogen-bond donors (Lipinski definition) is 0. The predicted molar refractivity (Wildman–Crippen MR) is 208 cm³/mol. The molecular formula is C46H33N3. The number of anilines is 6. The maximum atomic E-state index is 2.44. The Labute approximate surface area is 286 Å². The lowest BCUT2D eigenvalue weighted by Gasteiger charge is -2.30. The van der Waals surface area contributed by atoms with Gasteiger partial charge in [-0.15, -0.1) is 0 Å². The maximum absolute atomic E-state index is 2.44. The first kappa shape index (κ1) is 28.6. The maximum Gasteiger partial charge on any atom is 0.0547 e. The van der Waals surface area contributed by atoms with E-state index in [4.69, 9.17) is 0 Å². The van der Waals surface area contributed by atoms with Crippen molar-refractivity contribution in [2.24, 2.45) is 0 Å². The summed E-state index contributed by atoms with van der Waals surface area (Å²) in [5.41, 5.74) is 9.94. The lowest BCUT2D eigenvalue weighted by molar-refractivity contribution is 1.16. The topological polar surface area (TPSA) is 11.4 Å². The number of fused-ring (bicyclic) bond motifs is 5. The molecule has 3 nitrogen and oxygen atoms in total. The second-order valence-corrected chi connectivity index (χ2v) is 12.3. The summed E-state index contributed by atoms with van der Waals surface area (Å²) in [4.78, 5) is 4.70. The van der Waals surface area contributed by atoms with E-state index in [0.29, 0.717) is 0 Å². The molecular weight excluding hydrogens is 595 g/mol. The van der Waals surface area contributed by atoms with Crippen LogP contribution in [-0.4, -0.2) is 4.57 Å². The average Bonchev–Trinajstić information content (AvgIpc) is 3.52. The number of aromatic nitrogens is 1. The zero-order chi connectivity index (χ0) is 32.6. The van der Waals surface area contributed by atoms with E-state index in [1.165, 1.54) is 32.6 Å². The van der Waals surface area contributed by atoms with Gasteiger partial charge in [0.25, 0.3) is 0 Å². The van der Waals surface area contributed by atoms with E-state index in [1.54, 1.807) is 0 Å². The van der Waals surface area contributed by atoms with Crippen LogP contribution in [0.1, 0.15) is 0 Å². The fourth-order valence-electron chi connectivity index (χ4n) is 7.19. The third kappa shape index (κ3) is 5.09. The van der Waals surface area contributed by atoms with Crippen molar-refractivity contribution in [3.63, 3.8) is 0 Å². The highest BCUT2D eigenvalue weighted by molar-refractivity contribution is 6.21. The Balaban J connectivity index is 1.39. The zero-order valence-corrected chi connectivity index (χ0v) is 26.9. The molecule has 0 saturated heterocycles. The van der Waals surface area contributed by atoms with Gasteiger partial charge in [-0.05, 0) is 89.6 Å². The second-order valence-electron chi connectivity index (χ2n) is 12.3. The molecule has 0 amide bonds. The number of para-hydroxylation sites is 5. The van der Waals surface area contributed by atoms with Gasteiger partial charge in [0.05, 0.1) is 28.1 Å². The molecule has 0 bridgehead atoms. The number of benzene rings is 8. The SMILES string of the molecule is c1ccc(N(c2ccccc2)c2cc(N(c3ccccc3)c3ccccc3)cc(-n3c4ccccc4c4c5ccccc5ccc43)c2)cc1. The van der Waals surface area contributed by atoms with Crippen LogP contribution in [0.5, 0.6) is 0 Å². The minimum atomic E-state index is 1.06. The van der Waals surface area contributed by atoms with Crippen LogP contribution in [0.3, 0.4) is 0 Å². The third-order valence-corrected chi connectivity index (χ3v) is 9.28. The summed E-state index contributed by atoms with van der Waals surface area (Å²) in [5.74, 6) is 0. The van der Waals surface area contributed by atoms with Crippen molar-refractivity contribution in [1.82, 2.24) is 4.57 Å². The quantitative estimate of drug-likeness (QED) is 0.174. The summed E-state index contributed by atoms with van der Waals surface area (Å²) in [6, 6.07) is 71.6. The molecule has 9 aromatic rings. The first-order chi connectivity index (χ1) is 24.3. The molecule has 0 aliphatic heterocycles. The van der Waals surface area contributed by atoms with Crippen LogP contribution in [0.4, 0.5) is 34.1 Å². The highest BCUT2D eigenvalue weighted by Crippen LogP contribution is 2.44. The summed E-state index contributed by atoms with van der Waals surface area (Å²) in [6.07, 6.45) is 0. The lowest BCUT2D eigenvalue weighted by atomic mass is 10.0. The molecule has 0 aliphatic carbocycles. The Morgan fingerprint density at radius 1 is 0.306 bits per heavy atom. The monoisotopic (exact) mass is 627 g/mol. The molecule has 0 spiro atoms. The molecule has 0 aliphatic rings. The van der Waals surface area contributed by atoms with E-state index in [0.717, 1.165) is 39.8 Å². The summed E-state index contributed by atoms with van der Waals surface area (Å²) in [6.45, 7) is 0. The van der Waals surface area contributed by atoms with Gasteiger partial charge in [-0.25, -0.2) is 0 Å². The van der Waals surface area contributed by atoms with Crippen molar-refractivity contribution in [3.8, 4) is 5.69 Å². The van der Waals surface area contributed by atoms with Crippen molar-refractivity contribution in [2.75, 3.05) is 9.80 Å². The van der Waals surface area contributed by atoms with Gasteiger partial charge in [0.15, 0.2) is 0 Å². The van der Waals surface area contributed by atoms with E-state index < -0.39 is 0 Å². The van der Waals surface area contributed by atoms with Crippen molar-refractivity contribution < 1.29 is 0 Å². The molecule has 0 fully saturated rings. The van der Waals surface area contributed by atoms with Crippen molar-refractivity contribution >= 4 is 66.7 Å². The minimum Gasteiger partial charge on any atom is -0.310 e. The molecule has 0 unspecified atom stereocenters. The molecule has 0 saturated carbocycles. The number of hydrogen-bond acceptors (Lipinski definition) is 2. The van der Waals surface area contributed by atoms with Crippen molar-refractivity contribution in [3.05, 3.63) is 200 Å². The molecule has 1 heterocycles. The summed E-state index contributed by atoms with van der Waals surface area (Å²) in [5, 5.41) is 5.02. The average molecular weight is 628 g/mol. The van der Waals surface area contributed by atoms with Crippen molar-refractivity contribution in [2.45, 2.75) is 0 Å². The largest absolute Gasteiger partial charge is 0.310 e. The first-order valence-electron chi connectivity index (χ1n) is 16.7. The van der Waals surface area contributed by atoms with Crippen LogP contribution in [0.25, 0.3) is 38.3 Å². The van der Waals surface area contributed by atoms with Gasteiger partial charge in [-0.3, -0.25) is 0 Å². The fraction of sp³-hybridized carbons (Fsp3) is 0. The molecule has 8 aromatic carbocycles. The van der Waals surface area contributed by atoms with Crippen LogP contribution in [0.15, 0.2) is 200 Å². The van der Waals surface area contributed by atoms with Gasteiger partial charge in [0.2, 0.25) is 0 Å². The van der Waals surface area contributed by atoms with Gasteiger partial charge < -0.3 is 14.4 Å². The van der Waals surface area contributed by atoms with Crippen LogP contribution in [-0.2, 0) is 0 Å². The zero-order valence-electron chi connectivity index (χ0n) is 26.9.